The first-order chi connectivity index (χ1) is 9.56. The molecule has 2 rings (SSSR count). The van der Waals surface area contributed by atoms with E-state index in [0.717, 1.165) is 13.1 Å². The number of amides is 1. The number of hydrogen-bond donors (Lipinski definition) is 1. The first-order valence-corrected chi connectivity index (χ1v) is 7.31. The molecule has 1 N–H and O–H groups in total. The molecule has 20 heavy (non-hydrogen) atoms. The molecule has 1 fully saturated rings. The molecule has 4 heteroatoms. The molecule has 1 aromatic rings. The molecule has 4 nitrogen and oxygen atoms in total. The van der Waals surface area contributed by atoms with Gasteiger partial charge in [-0.1, -0.05) is 30.3 Å². The monoisotopic (exact) mass is 275 g/mol. The molecule has 0 bridgehead atoms. The van der Waals surface area contributed by atoms with Crippen molar-refractivity contribution in [3.8, 4) is 0 Å². The predicted molar refractivity (Wildman–Crippen MR) is 81.4 cm³/mol. The number of hydrogen-bond acceptors (Lipinski definition) is 3. The normalized spacial score (nSPS) is 23.6. The number of piperazine rings is 1. The number of carbonyl (C=O) groups excluding carboxylic acids is 1. The van der Waals surface area contributed by atoms with E-state index in [1.54, 1.807) is 0 Å². The van der Waals surface area contributed by atoms with Crippen LogP contribution in [-0.4, -0.2) is 54.5 Å². The topological polar surface area (TPSA) is 35.6 Å². The highest BCUT2D eigenvalue weighted by Crippen LogP contribution is 2.08. The van der Waals surface area contributed by atoms with Gasteiger partial charge in [0.1, 0.15) is 0 Å². The molecule has 0 radical (unpaired) electrons. The second-order valence-corrected chi connectivity index (χ2v) is 5.82. The lowest BCUT2D eigenvalue weighted by Gasteiger charge is -2.37. The van der Waals surface area contributed by atoms with Crippen LogP contribution in [0.4, 0.5) is 0 Å². The van der Waals surface area contributed by atoms with Gasteiger partial charge in [-0.3, -0.25) is 9.69 Å². The van der Waals surface area contributed by atoms with Crippen molar-refractivity contribution in [2.45, 2.75) is 32.5 Å². The van der Waals surface area contributed by atoms with Gasteiger partial charge in [-0.2, -0.15) is 0 Å². The van der Waals surface area contributed by atoms with Crippen LogP contribution >= 0.6 is 0 Å². The second-order valence-electron chi connectivity index (χ2n) is 5.82. The Kier molecular flexibility index (Phi) is 5.15. The zero-order chi connectivity index (χ0) is 14.5. The van der Waals surface area contributed by atoms with Crippen LogP contribution in [0.3, 0.4) is 0 Å². The molecule has 2 unspecified atom stereocenters. The van der Waals surface area contributed by atoms with E-state index in [4.69, 9.17) is 0 Å². The van der Waals surface area contributed by atoms with Crippen LogP contribution in [-0.2, 0) is 11.3 Å². The molecule has 0 aromatic heterocycles. The van der Waals surface area contributed by atoms with Crippen LogP contribution in [0, 0.1) is 0 Å². The number of nitrogens with zero attached hydrogens (tertiary/aromatic N) is 2. The minimum Gasteiger partial charge on any atom is -0.340 e. The Labute approximate surface area is 121 Å². The molecule has 1 aromatic carbocycles. The third kappa shape index (κ3) is 4.05. The van der Waals surface area contributed by atoms with Gasteiger partial charge in [0.2, 0.25) is 5.91 Å². The van der Waals surface area contributed by atoms with E-state index in [9.17, 15) is 4.79 Å². The van der Waals surface area contributed by atoms with Gasteiger partial charge in [-0.25, -0.2) is 0 Å². The largest absolute Gasteiger partial charge is 0.340 e. The molecular weight excluding hydrogens is 250 g/mol. The van der Waals surface area contributed by atoms with E-state index in [1.807, 2.05) is 30.1 Å². The molecule has 1 heterocycles. The van der Waals surface area contributed by atoms with Gasteiger partial charge in [-0.05, 0) is 19.4 Å². The van der Waals surface area contributed by atoms with Gasteiger partial charge in [0.05, 0.1) is 6.54 Å². The van der Waals surface area contributed by atoms with Crippen LogP contribution in [0.15, 0.2) is 30.3 Å². The molecule has 1 aliphatic heterocycles. The predicted octanol–water partition coefficient (Wildman–Crippen LogP) is 1.33. The van der Waals surface area contributed by atoms with Crippen molar-refractivity contribution in [2.75, 3.05) is 26.7 Å². The van der Waals surface area contributed by atoms with Crippen molar-refractivity contribution in [3.05, 3.63) is 35.9 Å². The van der Waals surface area contributed by atoms with Crippen molar-refractivity contribution in [2.24, 2.45) is 0 Å². The molecule has 0 saturated carbocycles. The summed E-state index contributed by atoms with van der Waals surface area (Å²) in [6.07, 6.45) is 0. The number of likely N-dealkylation sites (N-methyl/N-ethyl adjacent to an activating group) is 1. The minimum atomic E-state index is 0.190. The Bertz CT molecular complexity index is 435. The summed E-state index contributed by atoms with van der Waals surface area (Å²) in [5.41, 5.74) is 1.17. The first-order valence-electron chi connectivity index (χ1n) is 7.31. The van der Waals surface area contributed by atoms with Crippen molar-refractivity contribution in [1.29, 1.82) is 0 Å². The van der Waals surface area contributed by atoms with Crippen molar-refractivity contribution >= 4 is 5.91 Å². The summed E-state index contributed by atoms with van der Waals surface area (Å²) >= 11 is 0. The van der Waals surface area contributed by atoms with Gasteiger partial charge >= 0.3 is 0 Å². The summed E-state index contributed by atoms with van der Waals surface area (Å²) in [5.74, 6) is 0.190. The van der Waals surface area contributed by atoms with E-state index in [0.29, 0.717) is 25.2 Å². The molecule has 1 saturated heterocycles. The zero-order valence-corrected chi connectivity index (χ0v) is 12.7. The van der Waals surface area contributed by atoms with Crippen molar-refractivity contribution in [1.82, 2.24) is 15.1 Å². The van der Waals surface area contributed by atoms with Gasteiger partial charge < -0.3 is 10.2 Å². The SMILES string of the molecule is CC1CN(CC(=O)N(C)Cc2ccccc2)C(C)CN1. The lowest BCUT2D eigenvalue weighted by Crippen LogP contribution is -2.56. The van der Waals surface area contributed by atoms with Crippen LogP contribution in [0.5, 0.6) is 0 Å². The maximum atomic E-state index is 12.3. The molecule has 1 aliphatic rings. The van der Waals surface area contributed by atoms with Gasteiger partial charge in [0.25, 0.3) is 0 Å². The van der Waals surface area contributed by atoms with Crippen LogP contribution in [0.25, 0.3) is 0 Å². The summed E-state index contributed by atoms with van der Waals surface area (Å²) in [7, 11) is 1.88. The highest BCUT2D eigenvalue weighted by molar-refractivity contribution is 5.78. The van der Waals surface area contributed by atoms with E-state index < -0.39 is 0 Å². The van der Waals surface area contributed by atoms with Crippen molar-refractivity contribution < 1.29 is 4.79 Å². The fourth-order valence-corrected chi connectivity index (χ4v) is 2.56. The zero-order valence-electron chi connectivity index (χ0n) is 12.7. The Morgan fingerprint density at radius 3 is 2.75 bits per heavy atom. The van der Waals surface area contributed by atoms with Gasteiger partial charge in [0, 0.05) is 38.8 Å². The quantitative estimate of drug-likeness (QED) is 0.900. The smallest absolute Gasteiger partial charge is 0.236 e. The summed E-state index contributed by atoms with van der Waals surface area (Å²) in [6.45, 7) is 7.41. The second kappa shape index (κ2) is 6.86. The lowest BCUT2D eigenvalue weighted by molar-refractivity contribution is -0.132. The first kappa shape index (κ1) is 15.0. The molecule has 0 spiro atoms. The third-order valence-corrected chi connectivity index (χ3v) is 3.92. The average Bonchev–Trinajstić information content (AvgIpc) is 2.44. The minimum absolute atomic E-state index is 0.190. The third-order valence-electron chi connectivity index (χ3n) is 3.92. The van der Waals surface area contributed by atoms with E-state index in [2.05, 4.69) is 36.2 Å². The summed E-state index contributed by atoms with van der Waals surface area (Å²) in [6, 6.07) is 11.0. The molecule has 0 aliphatic carbocycles. The Morgan fingerprint density at radius 1 is 1.35 bits per heavy atom. The average molecular weight is 275 g/mol. The van der Waals surface area contributed by atoms with Crippen LogP contribution in [0.1, 0.15) is 19.4 Å². The van der Waals surface area contributed by atoms with E-state index in [-0.39, 0.29) is 5.91 Å². The van der Waals surface area contributed by atoms with Crippen molar-refractivity contribution in [3.63, 3.8) is 0 Å². The number of carbonyl (C=O) groups is 1. The van der Waals surface area contributed by atoms with E-state index in [1.165, 1.54) is 5.56 Å². The fourth-order valence-electron chi connectivity index (χ4n) is 2.56. The Morgan fingerprint density at radius 2 is 2.05 bits per heavy atom. The standard InChI is InChI=1S/C16H25N3O/c1-13-10-19(14(2)9-17-13)12-16(20)18(3)11-15-7-5-4-6-8-15/h4-8,13-14,17H,9-12H2,1-3H3. The number of rotatable bonds is 4. The van der Waals surface area contributed by atoms with E-state index >= 15 is 0 Å². The highest BCUT2D eigenvalue weighted by atomic mass is 16.2. The summed E-state index contributed by atoms with van der Waals surface area (Å²) < 4.78 is 0. The molecular formula is C16H25N3O. The molecule has 110 valence electrons. The maximum Gasteiger partial charge on any atom is 0.236 e. The lowest BCUT2D eigenvalue weighted by atomic mass is 10.1. The van der Waals surface area contributed by atoms with Gasteiger partial charge in [-0.15, -0.1) is 0 Å². The number of benzene rings is 1. The summed E-state index contributed by atoms with van der Waals surface area (Å²) in [5, 5.41) is 3.44. The fraction of sp³-hybridized carbons (Fsp3) is 0.562. The number of nitrogens with one attached hydrogen (secondary N) is 1. The molecule has 1 amide bonds. The van der Waals surface area contributed by atoms with Gasteiger partial charge in [0.15, 0.2) is 0 Å². The van der Waals surface area contributed by atoms with Crippen LogP contribution in [0.2, 0.25) is 0 Å². The molecule has 2 atom stereocenters. The van der Waals surface area contributed by atoms with Crippen LogP contribution < -0.4 is 5.32 Å². The Hall–Kier alpha value is -1.39. The maximum absolute atomic E-state index is 12.3. The highest BCUT2D eigenvalue weighted by Gasteiger charge is 2.25. The summed E-state index contributed by atoms with van der Waals surface area (Å²) in [4.78, 5) is 16.4. The Balaban J connectivity index is 1.87.